The zero-order chi connectivity index (χ0) is 11.7. The smallest absolute Gasteiger partial charge is 0.287 e. The molecule has 1 aliphatic carbocycles. The van der Waals surface area contributed by atoms with Gasteiger partial charge in [0.25, 0.3) is 5.91 Å². The first-order valence-corrected chi connectivity index (χ1v) is 6.43. The monoisotopic (exact) mass is 234 g/mol. The molecule has 1 amide bonds. The Morgan fingerprint density at radius 2 is 2.12 bits per heavy atom. The van der Waals surface area contributed by atoms with Crippen molar-refractivity contribution in [1.82, 2.24) is 10.2 Å². The SMILES string of the molecule is O=C(NC1CC1)c1ccc(CN2CCCC2)o1. The average molecular weight is 234 g/mol. The summed E-state index contributed by atoms with van der Waals surface area (Å²) in [6, 6.07) is 4.08. The molecule has 0 unspecified atom stereocenters. The van der Waals surface area contributed by atoms with Gasteiger partial charge < -0.3 is 9.73 Å². The van der Waals surface area contributed by atoms with Gasteiger partial charge in [-0.05, 0) is 50.9 Å². The second-order valence-electron chi connectivity index (χ2n) is 5.00. The highest BCUT2D eigenvalue weighted by Crippen LogP contribution is 2.20. The van der Waals surface area contributed by atoms with Gasteiger partial charge in [-0.15, -0.1) is 0 Å². The van der Waals surface area contributed by atoms with Crippen molar-refractivity contribution in [1.29, 1.82) is 0 Å². The van der Waals surface area contributed by atoms with E-state index in [4.69, 9.17) is 4.42 Å². The van der Waals surface area contributed by atoms with Crippen LogP contribution in [0.2, 0.25) is 0 Å². The lowest BCUT2D eigenvalue weighted by Crippen LogP contribution is -2.24. The Morgan fingerprint density at radius 3 is 2.82 bits per heavy atom. The molecular weight excluding hydrogens is 216 g/mol. The van der Waals surface area contributed by atoms with Gasteiger partial charge in [-0.3, -0.25) is 9.69 Å². The molecule has 2 aliphatic rings. The van der Waals surface area contributed by atoms with Crippen LogP contribution < -0.4 is 5.32 Å². The number of carbonyl (C=O) groups is 1. The molecule has 3 rings (SSSR count). The van der Waals surface area contributed by atoms with Gasteiger partial charge in [0, 0.05) is 6.04 Å². The second kappa shape index (κ2) is 4.53. The lowest BCUT2D eigenvalue weighted by Gasteiger charge is -2.11. The van der Waals surface area contributed by atoms with Crippen LogP contribution in [0.4, 0.5) is 0 Å². The number of amides is 1. The Morgan fingerprint density at radius 1 is 1.35 bits per heavy atom. The molecule has 1 aromatic rings. The number of likely N-dealkylation sites (tertiary alicyclic amines) is 1. The van der Waals surface area contributed by atoms with Crippen LogP contribution in [-0.2, 0) is 6.54 Å². The number of hydrogen-bond donors (Lipinski definition) is 1. The Labute approximate surface area is 101 Å². The molecule has 1 aromatic heterocycles. The number of rotatable bonds is 4. The van der Waals surface area contributed by atoms with E-state index in [2.05, 4.69) is 10.2 Å². The first-order valence-electron chi connectivity index (χ1n) is 6.43. The highest BCUT2D eigenvalue weighted by atomic mass is 16.4. The fourth-order valence-electron chi connectivity index (χ4n) is 2.23. The van der Waals surface area contributed by atoms with Gasteiger partial charge >= 0.3 is 0 Å². The lowest BCUT2D eigenvalue weighted by atomic mass is 10.4. The summed E-state index contributed by atoms with van der Waals surface area (Å²) in [4.78, 5) is 14.1. The molecule has 1 saturated carbocycles. The molecule has 1 saturated heterocycles. The van der Waals surface area contributed by atoms with Crippen LogP contribution in [0.25, 0.3) is 0 Å². The Kier molecular flexibility index (Phi) is 2.89. The summed E-state index contributed by atoms with van der Waals surface area (Å²) in [6.07, 6.45) is 4.76. The largest absolute Gasteiger partial charge is 0.455 e. The van der Waals surface area contributed by atoms with Gasteiger partial charge in [0.05, 0.1) is 6.54 Å². The number of furan rings is 1. The fourth-order valence-corrected chi connectivity index (χ4v) is 2.23. The molecular formula is C13H18N2O2. The van der Waals surface area contributed by atoms with E-state index in [-0.39, 0.29) is 5.91 Å². The molecule has 17 heavy (non-hydrogen) atoms. The van der Waals surface area contributed by atoms with Crippen molar-refractivity contribution in [2.24, 2.45) is 0 Å². The van der Waals surface area contributed by atoms with Crippen LogP contribution in [0.3, 0.4) is 0 Å². The number of nitrogens with zero attached hydrogens (tertiary/aromatic N) is 1. The van der Waals surface area contributed by atoms with Crippen LogP contribution in [0.15, 0.2) is 16.5 Å². The third kappa shape index (κ3) is 2.69. The maximum Gasteiger partial charge on any atom is 0.287 e. The minimum absolute atomic E-state index is 0.0693. The molecule has 2 heterocycles. The predicted molar refractivity (Wildman–Crippen MR) is 63.7 cm³/mol. The summed E-state index contributed by atoms with van der Waals surface area (Å²) in [7, 11) is 0. The van der Waals surface area contributed by atoms with Crippen LogP contribution in [0.5, 0.6) is 0 Å². The van der Waals surface area contributed by atoms with E-state index in [0.717, 1.165) is 38.2 Å². The van der Waals surface area contributed by atoms with Crippen LogP contribution in [-0.4, -0.2) is 29.9 Å². The summed E-state index contributed by atoms with van der Waals surface area (Å²) < 4.78 is 5.58. The van der Waals surface area contributed by atoms with Gasteiger partial charge in [0.15, 0.2) is 5.76 Å². The van der Waals surface area contributed by atoms with E-state index in [1.807, 2.05) is 6.07 Å². The highest BCUT2D eigenvalue weighted by molar-refractivity contribution is 5.91. The molecule has 92 valence electrons. The predicted octanol–water partition coefficient (Wildman–Crippen LogP) is 1.77. The first-order chi connectivity index (χ1) is 8.31. The molecule has 1 aliphatic heterocycles. The highest BCUT2D eigenvalue weighted by Gasteiger charge is 2.25. The minimum atomic E-state index is -0.0693. The van der Waals surface area contributed by atoms with E-state index in [1.165, 1.54) is 12.8 Å². The molecule has 0 bridgehead atoms. The fraction of sp³-hybridized carbons (Fsp3) is 0.615. The molecule has 2 fully saturated rings. The van der Waals surface area contributed by atoms with E-state index < -0.39 is 0 Å². The van der Waals surface area contributed by atoms with Gasteiger partial charge in [-0.2, -0.15) is 0 Å². The van der Waals surface area contributed by atoms with Crippen molar-refractivity contribution in [3.05, 3.63) is 23.7 Å². The quantitative estimate of drug-likeness (QED) is 0.863. The van der Waals surface area contributed by atoms with Crippen molar-refractivity contribution >= 4 is 5.91 Å². The summed E-state index contributed by atoms with van der Waals surface area (Å²) in [6.45, 7) is 3.12. The standard InChI is InChI=1S/C13H18N2O2/c16-13(14-10-3-4-10)12-6-5-11(17-12)9-15-7-1-2-8-15/h5-6,10H,1-4,7-9H2,(H,14,16). The lowest BCUT2D eigenvalue weighted by molar-refractivity contribution is 0.0920. The Bertz CT molecular complexity index is 403. The van der Waals surface area contributed by atoms with Gasteiger partial charge in [0.1, 0.15) is 5.76 Å². The summed E-state index contributed by atoms with van der Waals surface area (Å²) in [5, 5.41) is 2.93. The molecule has 0 atom stereocenters. The van der Waals surface area contributed by atoms with Crippen LogP contribution >= 0.6 is 0 Å². The summed E-state index contributed by atoms with van der Waals surface area (Å²) in [5.74, 6) is 1.28. The van der Waals surface area contributed by atoms with Crippen LogP contribution in [0.1, 0.15) is 42.0 Å². The zero-order valence-corrected chi connectivity index (χ0v) is 9.95. The molecule has 0 spiro atoms. The summed E-state index contributed by atoms with van der Waals surface area (Å²) in [5.41, 5.74) is 0. The van der Waals surface area contributed by atoms with Crippen molar-refractivity contribution < 1.29 is 9.21 Å². The van der Waals surface area contributed by atoms with Crippen molar-refractivity contribution in [3.63, 3.8) is 0 Å². The van der Waals surface area contributed by atoms with Gasteiger partial charge in [0.2, 0.25) is 0 Å². The average Bonchev–Trinajstić information content (AvgIpc) is 2.84. The molecule has 1 N–H and O–H groups in total. The third-order valence-corrected chi connectivity index (χ3v) is 3.38. The van der Waals surface area contributed by atoms with E-state index in [9.17, 15) is 4.79 Å². The van der Waals surface area contributed by atoms with Gasteiger partial charge in [-0.1, -0.05) is 0 Å². The topological polar surface area (TPSA) is 45.5 Å². The third-order valence-electron chi connectivity index (χ3n) is 3.38. The Balaban J connectivity index is 1.58. The number of hydrogen-bond acceptors (Lipinski definition) is 3. The minimum Gasteiger partial charge on any atom is -0.455 e. The normalized spacial score (nSPS) is 20.7. The van der Waals surface area contributed by atoms with Gasteiger partial charge in [-0.25, -0.2) is 0 Å². The first kappa shape index (κ1) is 10.8. The zero-order valence-electron chi connectivity index (χ0n) is 9.95. The molecule has 4 nitrogen and oxygen atoms in total. The summed E-state index contributed by atoms with van der Waals surface area (Å²) >= 11 is 0. The van der Waals surface area contributed by atoms with Crippen molar-refractivity contribution in [2.75, 3.05) is 13.1 Å². The molecule has 0 aromatic carbocycles. The maximum absolute atomic E-state index is 11.7. The van der Waals surface area contributed by atoms with E-state index in [1.54, 1.807) is 6.07 Å². The second-order valence-corrected chi connectivity index (χ2v) is 5.00. The van der Waals surface area contributed by atoms with Crippen molar-refractivity contribution in [3.8, 4) is 0 Å². The Hall–Kier alpha value is -1.29. The van der Waals surface area contributed by atoms with E-state index in [0.29, 0.717) is 11.8 Å². The maximum atomic E-state index is 11.7. The van der Waals surface area contributed by atoms with E-state index >= 15 is 0 Å². The number of nitrogens with one attached hydrogen (secondary N) is 1. The van der Waals surface area contributed by atoms with Crippen LogP contribution in [0, 0.1) is 0 Å². The number of carbonyl (C=O) groups excluding carboxylic acids is 1. The van der Waals surface area contributed by atoms with Crippen molar-refractivity contribution in [2.45, 2.75) is 38.3 Å². The molecule has 4 heteroatoms. The molecule has 0 radical (unpaired) electrons.